The van der Waals surface area contributed by atoms with Gasteiger partial charge < -0.3 is 20.4 Å². The van der Waals surface area contributed by atoms with Crippen LogP contribution in [0.2, 0.25) is 0 Å². The van der Waals surface area contributed by atoms with E-state index in [1.165, 1.54) is 18.2 Å². The van der Waals surface area contributed by atoms with Gasteiger partial charge in [0.2, 0.25) is 0 Å². The number of furan rings is 1. The molecule has 0 saturated carbocycles. The highest BCUT2D eigenvalue weighted by Gasteiger charge is 2.30. The van der Waals surface area contributed by atoms with Crippen molar-refractivity contribution in [1.29, 1.82) is 0 Å². The number of nitrogens with two attached hydrogens (primary N) is 1. The molecule has 168 valence electrons. The Bertz CT molecular complexity index is 918. The summed E-state index contributed by atoms with van der Waals surface area (Å²) in [7, 11) is 0. The zero-order valence-corrected chi connectivity index (χ0v) is 17.3. The fourth-order valence-corrected chi connectivity index (χ4v) is 3.40. The van der Waals surface area contributed by atoms with Gasteiger partial charge in [-0.05, 0) is 30.7 Å². The van der Waals surface area contributed by atoms with E-state index in [4.69, 9.17) is 10.2 Å². The zero-order chi connectivity index (χ0) is 22.4. The van der Waals surface area contributed by atoms with Crippen LogP contribution in [0, 0.1) is 0 Å². The largest absolute Gasteiger partial charge is 0.454 e. The van der Waals surface area contributed by atoms with E-state index in [0.717, 1.165) is 12.0 Å². The number of hydrogen-bond acceptors (Lipinski definition) is 4. The van der Waals surface area contributed by atoms with E-state index in [-0.39, 0.29) is 12.3 Å². The van der Waals surface area contributed by atoms with Gasteiger partial charge in [0.1, 0.15) is 12.3 Å². The molecule has 2 heterocycles. The Hall–Kier alpha value is -3.01. The van der Waals surface area contributed by atoms with E-state index in [2.05, 4.69) is 20.1 Å². The van der Waals surface area contributed by atoms with Crippen LogP contribution >= 0.6 is 0 Å². The first-order valence-electron chi connectivity index (χ1n) is 10.1. The number of amides is 1. The molecule has 3 rings (SSSR count). The average molecular weight is 437 g/mol. The number of nitrogens with one attached hydrogen (secondary N) is 1. The molecule has 10 heteroatoms. The summed E-state index contributed by atoms with van der Waals surface area (Å²) >= 11 is 0. The number of primary amides is 1. The molecule has 0 unspecified atom stereocenters. The third kappa shape index (κ3) is 6.24. The maximum atomic E-state index is 12.9. The van der Waals surface area contributed by atoms with Gasteiger partial charge in [-0.15, -0.1) is 0 Å². The van der Waals surface area contributed by atoms with E-state index >= 15 is 0 Å². The maximum absolute atomic E-state index is 12.9. The molecule has 2 aromatic rings. The molecule has 0 radical (unpaired) electrons. The van der Waals surface area contributed by atoms with E-state index in [9.17, 15) is 18.0 Å². The molecule has 0 spiro atoms. The molecular formula is C21H26F3N5O2. The van der Waals surface area contributed by atoms with Crippen molar-refractivity contribution in [2.75, 3.05) is 32.7 Å². The standard InChI is InChI=1S/C21H26F3N5O2/c1-2-26-20(27-13-17-6-7-18(31-17)19(25)30)29-10-8-28(9-11-29)14-15-4-3-5-16(12-15)21(22,23)24/h3-7,12H,2,8-11,13-14H2,1H3,(H2,25,30)(H,26,27). The third-order valence-electron chi connectivity index (χ3n) is 4.96. The number of aliphatic imine (C=N–C) groups is 1. The number of hydrogen-bond donors (Lipinski definition) is 2. The van der Waals surface area contributed by atoms with Gasteiger partial charge in [0.25, 0.3) is 5.91 Å². The van der Waals surface area contributed by atoms with Crippen molar-refractivity contribution in [1.82, 2.24) is 15.1 Å². The van der Waals surface area contributed by atoms with Crippen molar-refractivity contribution in [3.8, 4) is 0 Å². The number of nitrogens with zero attached hydrogens (tertiary/aromatic N) is 3. The summed E-state index contributed by atoms with van der Waals surface area (Å²) in [5, 5.41) is 3.24. The Balaban J connectivity index is 1.57. The van der Waals surface area contributed by atoms with Crippen molar-refractivity contribution in [3.63, 3.8) is 0 Å². The van der Waals surface area contributed by atoms with Gasteiger partial charge >= 0.3 is 6.18 Å². The smallest absolute Gasteiger partial charge is 0.416 e. The lowest BCUT2D eigenvalue weighted by Crippen LogP contribution is -2.52. The predicted octanol–water partition coefficient (Wildman–Crippen LogP) is 2.68. The lowest BCUT2D eigenvalue weighted by molar-refractivity contribution is -0.137. The van der Waals surface area contributed by atoms with Crippen molar-refractivity contribution in [3.05, 3.63) is 59.0 Å². The van der Waals surface area contributed by atoms with Crippen molar-refractivity contribution >= 4 is 11.9 Å². The van der Waals surface area contributed by atoms with Crippen LogP contribution < -0.4 is 11.1 Å². The second-order valence-corrected chi connectivity index (χ2v) is 7.26. The quantitative estimate of drug-likeness (QED) is 0.536. The van der Waals surface area contributed by atoms with Crippen LogP contribution in [0.15, 0.2) is 45.8 Å². The molecule has 1 amide bonds. The van der Waals surface area contributed by atoms with Crippen LogP contribution in [0.1, 0.15) is 34.4 Å². The number of carbonyl (C=O) groups excluding carboxylic acids is 1. The van der Waals surface area contributed by atoms with E-state index < -0.39 is 17.6 Å². The summed E-state index contributed by atoms with van der Waals surface area (Å²) < 4.78 is 44.1. The molecule has 1 aromatic carbocycles. The highest BCUT2D eigenvalue weighted by atomic mass is 19.4. The molecule has 0 aliphatic carbocycles. The van der Waals surface area contributed by atoms with Crippen LogP contribution in [0.5, 0.6) is 0 Å². The molecule has 1 aliphatic heterocycles. The van der Waals surface area contributed by atoms with Crippen LogP contribution in [0.25, 0.3) is 0 Å². The summed E-state index contributed by atoms with van der Waals surface area (Å²) in [6.07, 6.45) is -4.34. The number of piperazine rings is 1. The molecule has 3 N–H and O–H groups in total. The fraction of sp³-hybridized carbons (Fsp3) is 0.429. The van der Waals surface area contributed by atoms with Crippen LogP contribution in [-0.4, -0.2) is 54.4 Å². The van der Waals surface area contributed by atoms with Crippen molar-refractivity contribution < 1.29 is 22.4 Å². The number of guanidine groups is 1. The minimum absolute atomic E-state index is 0.0957. The molecular weight excluding hydrogens is 411 g/mol. The molecule has 1 aromatic heterocycles. The summed E-state index contributed by atoms with van der Waals surface area (Å²) in [4.78, 5) is 19.9. The monoisotopic (exact) mass is 437 g/mol. The molecule has 0 bridgehead atoms. The lowest BCUT2D eigenvalue weighted by atomic mass is 10.1. The Morgan fingerprint density at radius 3 is 2.55 bits per heavy atom. The molecule has 7 nitrogen and oxygen atoms in total. The number of benzene rings is 1. The molecule has 1 fully saturated rings. The Morgan fingerprint density at radius 1 is 1.19 bits per heavy atom. The van der Waals surface area contributed by atoms with Crippen LogP contribution in [0.4, 0.5) is 13.2 Å². The average Bonchev–Trinajstić information content (AvgIpc) is 3.21. The minimum Gasteiger partial charge on any atom is -0.454 e. The SMILES string of the molecule is CCNC(=NCc1ccc(C(N)=O)o1)N1CCN(Cc2cccc(C(F)(F)F)c2)CC1. The summed E-state index contributed by atoms with van der Waals surface area (Å²) in [6, 6.07) is 8.65. The highest BCUT2D eigenvalue weighted by molar-refractivity contribution is 5.89. The number of rotatable bonds is 6. The highest BCUT2D eigenvalue weighted by Crippen LogP contribution is 2.29. The van der Waals surface area contributed by atoms with Gasteiger partial charge in [-0.1, -0.05) is 18.2 Å². The first-order chi connectivity index (χ1) is 14.8. The second-order valence-electron chi connectivity index (χ2n) is 7.26. The van der Waals surface area contributed by atoms with Gasteiger partial charge in [0.05, 0.1) is 5.56 Å². The predicted molar refractivity (Wildman–Crippen MR) is 110 cm³/mol. The maximum Gasteiger partial charge on any atom is 0.416 e. The summed E-state index contributed by atoms with van der Waals surface area (Å²) in [5.41, 5.74) is 5.22. The van der Waals surface area contributed by atoms with Crippen LogP contribution in [0.3, 0.4) is 0 Å². The Morgan fingerprint density at radius 2 is 1.94 bits per heavy atom. The second kappa shape index (κ2) is 9.86. The Kier molecular flexibility index (Phi) is 7.21. The Labute approximate surface area is 178 Å². The first-order valence-corrected chi connectivity index (χ1v) is 10.1. The van der Waals surface area contributed by atoms with Gasteiger partial charge in [0.15, 0.2) is 11.7 Å². The molecule has 31 heavy (non-hydrogen) atoms. The summed E-state index contributed by atoms with van der Waals surface area (Å²) in [6.45, 7) is 6.17. The number of halogens is 3. The number of carbonyl (C=O) groups is 1. The lowest BCUT2D eigenvalue weighted by Gasteiger charge is -2.36. The van der Waals surface area contributed by atoms with Gasteiger partial charge in [-0.3, -0.25) is 9.69 Å². The van der Waals surface area contributed by atoms with Gasteiger partial charge in [0, 0.05) is 39.3 Å². The first kappa shape index (κ1) is 22.7. The van der Waals surface area contributed by atoms with Crippen LogP contribution in [-0.2, 0) is 19.3 Å². The van der Waals surface area contributed by atoms with E-state index in [1.54, 1.807) is 12.1 Å². The fourth-order valence-electron chi connectivity index (χ4n) is 3.40. The van der Waals surface area contributed by atoms with Gasteiger partial charge in [-0.2, -0.15) is 13.2 Å². The topological polar surface area (TPSA) is 87.1 Å². The van der Waals surface area contributed by atoms with E-state index in [1.807, 2.05) is 6.92 Å². The van der Waals surface area contributed by atoms with Crippen molar-refractivity contribution in [2.24, 2.45) is 10.7 Å². The molecule has 0 atom stereocenters. The normalized spacial score (nSPS) is 15.9. The zero-order valence-electron chi connectivity index (χ0n) is 17.3. The van der Waals surface area contributed by atoms with Gasteiger partial charge in [-0.25, -0.2) is 4.99 Å². The molecule has 1 saturated heterocycles. The minimum atomic E-state index is -4.34. The molecule has 1 aliphatic rings. The van der Waals surface area contributed by atoms with Crippen molar-refractivity contribution in [2.45, 2.75) is 26.2 Å². The number of alkyl halides is 3. The third-order valence-corrected chi connectivity index (χ3v) is 4.96. The summed E-state index contributed by atoms with van der Waals surface area (Å²) in [5.74, 6) is 0.725. The van der Waals surface area contributed by atoms with E-state index in [0.29, 0.717) is 50.6 Å².